The van der Waals surface area contributed by atoms with Crippen molar-refractivity contribution in [2.24, 2.45) is 0 Å². The number of nitrogens with zero attached hydrogens (tertiary/aromatic N) is 3. The molecule has 0 bridgehead atoms. The molecule has 1 aromatic carbocycles. The van der Waals surface area contributed by atoms with Gasteiger partial charge in [-0.2, -0.15) is 0 Å². The normalized spacial score (nSPS) is 11.7. The Balaban J connectivity index is 1.68. The molecule has 3 rings (SSSR count). The molecule has 0 radical (unpaired) electrons. The van der Waals surface area contributed by atoms with Crippen LogP contribution in [-0.2, 0) is 0 Å². The van der Waals surface area contributed by atoms with Gasteiger partial charge in [0.05, 0.1) is 5.69 Å². The molecule has 3 aromatic rings. The van der Waals surface area contributed by atoms with E-state index < -0.39 is 0 Å². The Kier molecular flexibility index (Phi) is 6.24. The molecule has 0 unspecified atom stereocenters. The molecule has 0 aliphatic heterocycles. The lowest BCUT2D eigenvalue weighted by Gasteiger charge is -2.24. The van der Waals surface area contributed by atoms with Crippen LogP contribution in [0.4, 0.5) is 10.9 Å². The van der Waals surface area contributed by atoms with Crippen molar-refractivity contribution in [2.75, 3.05) is 16.8 Å². The van der Waals surface area contributed by atoms with E-state index in [1.165, 1.54) is 5.56 Å². The van der Waals surface area contributed by atoms with Crippen LogP contribution in [0.5, 0.6) is 0 Å². The molecule has 0 saturated carbocycles. The van der Waals surface area contributed by atoms with E-state index in [1.54, 1.807) is 11.3 Å². The topological polar surface area (TPSA) is 41.1 Å². The van der Waals surface area contributed by atoms with Crippen LogP contribution in [0.25, 0.3) is 16.7 Å². The van der Waals surface area contributed by atoms with Crippen LogP contribution < -0.4 is 10.2 Å². The average molecular weight is 379 g/mol. The Labute approximate surface area is 165 Å². The Bertz CT molecular complexity index is 882. The Hall–Kier alpha value is -2.66. The standard InChI is InChI=1S/C22H26N4S/c1-5-26(16(2)3)22-25-20(15-27-22)17(4)13-23-21-12-11-19(14-24-21)18-9-7-6-8-10-18/h6-16H,5H2,1-4H3,(H,23,24)/b17-13+. The summed E-state index contributed by atoms with van der Waals surface area (Å²) in [5, 5.41) is 6.46. The molecule has 2 aromatic heterocycles. The van der Waals surface area contributed by atoms with Crippen LogP contribution in [0.2, 0.25) is 0 Å². The second-order valence-electron chi connectivity index (χ2n) is 6.66. The van der Waals surface area contributed by atoms with Crippen LogP contribution in [-0.4, -0.2) is 22.6 Å². The monoisotopic (exact) mass is 378 g/mol. The van der Waals surface area contributed by atoms with Crippen molar-refractivity contribution in [1.82, 2.24) is 9.97 Å². The first kappa shape index (κ1) is 19.1. The first-order chi connectivity index (χ1) is 13.1. The van der Waals surface area contributed by atoms with Gasteiger partial charge in [0.1, 0.15) is 5.82 Å². The molecule has 0 amide bonds. The zero-order valence-electron chi connectivity index (χ0n) is 16.3. The van der Waals surface area contributed by atoms with Crippen LogP contribution >= 0.6 is 11.3 Å². The number of aromatic nitrogens is 2. The summed E-state index contributed by atoms with van der Waals surface area (Å²) in [5.41, 5.74) is 4.37. The first-order valence-electron chi connectivity index (χ1n) is 9.25. The van der Waals surface area contributed by atoms with E-state index in [0.717, 1.165) is 34.3 Å². The average Bonchev–Trinajstić information content (AvgIpc) is 3.17. The van der Waals surface area contributed by atoms with Crippen molar-refractivity contribution in [1.29, 1.82) is 0 Å². The summed E-state index contributed by atoms with van der Waals surface area (Å²) in [6.07, 6.45) is 3.86. The molecule has 2 heterocycles. The maximum absolute atomic E-state index is 4.78. The zero-order chi connectivity index (χ0) is 19.2. The zero-order valence-corrected chi connectivity index (χ0v) is 17.1. The predicted octanol–water partition coefficient (Wildman–Crippen LogP) is 5.91. The highest BCUT2D eigenvalue weighted by molar-refractivity contribution is 7.13. The van der Waals surface area contributed by atoms with E-state index >= 15 is 0 Å². The second-order valence-corrected chi connectivity index (χ2v) is 7.50. The van der Waals surface area contributed by atoms with E-state index in [1.807, 2.05) is 36.7 Å². The Morgan fingerprint density at radius 2 is 1.93 bits per heavy atom. The maximum atomic E-state index is 4.78. The maximum Gasteiger partial charge on any atom is 0.186 e. The first-order valence-corrected chi connectivity index (χ1v) is 10.1. The van der Waals surface area contributed by atoms with Crippen molar-refractivity contribution in [3.8, 4) is 11.1 Å². The molecule has 27 heavy (non-hydrogen) atoms. The summed E-state index contributed by atoms with van der Waals surface area (Å²) in [5.74, 6) is 0.821. The third-order valence-electron chi connectivity index (χ3n) is 4.41. The highest BCUT2D eigenvalue weighted by Crippen LogP contribution is 2.26. The van der Waals surface area contributed by atoms with Gasteiger partial charge in [-0.1, -0.05) is 30.3 Å². The lowest BCUT2D eigenvalue weighted by atomic mass is 10.1. The molecular formula is C22H26N4S. The fraction of sp³-hybridized carbons (Fsp3) is 0.273. The van der Waals surface area contributed by atoms with Crippen molar-refractivity contribution < 1.29 is 0 Å². The lowest BCUT2D eigenvalue weighted by molar-refractivity contribution is 0.701. The van der Waals surface area contributed by atoms with E-state index in [4.69, 9.17) is 4.98 Å². The summed E-state index contributed by atoms with van der Waals surface area (Å²) < 4.78 is 0. The number of thiazole rings is 1. The number of anilines is 2. The largest absolute Gasteiger partial charge is 0.346 e. The molecule has 0 aliphatic carbocycles. The minimum atomic E-state index is 0.448. The van der Waals surface area contributed by atoms with Crippen molar-refractivity contribution in [3.63, 3.8) is 0 Å². The third kappa shape index (κ3) is 4.74. The molecule has 140 valence electrons. The molecule has 0 spiro atoms. The molecule has 0 aliphatic rings. The van der Waals surface area contributed by atoms with Gasteiger partial charge < -0.3 is 10.2 Å². The van der Waals surface area contributed by atoms with E-state index in [2.05, 4.69) is 66.5 Å². The van der Waals surface area contributed by atoms with Gasteiger partial charge in [0.25, 0.3) is 0 Å². The molecule has 5 heteroatoms. The van der Waals surface area contributed by atoms with Gasteiger partial charge in [0.2, 0.25) is 0 Å². The number of pyridine rings is 1. The van der Waals surface area contributed by atoms with Gasteiger partial charge in [0.15, 0.2) is 5.13 Å². The summed E-state index contributed by atoms with van der Waals surface area (Å²) in [6.45, 7) is 9.58. The second kappa shape index (κ2) is 8.82. The Morgan fingerprint density at radius 1 is 1.15 bits per heavy atom. The minimum Gasteiger partial charge on any atom is -0.346 e. The van der Waals surface area contributed by atoms with Crippen LogP contribution in [0.1, 0.15) is 33.4 Å². The molecule has 0 atom stereocenters. The van der Waals surface area contributed by atoms with Gasteiger partial charge in [-0.3, -0.25) is 0 Å². The third-order valence-corrected chi connectivity index (χ3v) is 5.29. The van der Waals surface area contributed by atoms with Crippen LogP contribution in [0.3, 0.4) is 0 Å². The lowest BCUT2D eigenvalue weighted by Crippen LogP contribution is -2.30. The van der Waals surface area contributed by atoms with Gasteiger partial charge >= 0.3 is 0 Å². The SMILES string of the molecule is CCN(c1nc(/C(C)=C/Nc2ccc(-c3ccccc3)cn2)cs1)C(C)C. The van der Waals surface area contributed by atoms with Gasteiger partial charge in [-0.25, -0.2) is 9.97 Å². The fourth-order valence-corrected chi connectivity index (χ4v) is 3.92. The number of hydrogen-bond acceptors (Lipinski definition) is 5. The fourth-order valence-electron chi connectivity index (χ4n) is 2.84. The molecule has 0 fully saturated rings. The highest BCUT2D eigenvalue weighted by Gasteiger charge is 2.13. The minimum absolute atomic E-state index is 0.448. The van der Waals surface area contributed by atoms with Crippen molar-refractivity contribution >= 4 is 27.9 Å². The number of allylic oxidation sites excluding steroid dienone is 1. The number of rotatable bonds is 7. The van der Waals surface area contributed by atoms with Crippen molar-refractivity contribution in [2.45, 2.75) is 33.7 Å². The molecule has 0 saturated heterocycles. The predicted molar refractivity (Wildman–Crippen MR) is 117 cm³/mol. The van der Waals surface area contributed by atoms with Gasteiger partial charge in [-0.05, 0) is 51.0 Å². The van der Waals surface area contributed by atoms with Crippen LogP contribution in [0.15, 0.2) is 60.2 Å². The highest BCUT2D eigenvalue weighted by atomic mass is 32.1. The van der Waals surface area contributed by atoms with E-state index in [-0.39, 0.29) is 0 Å². The van der Waals surface area contributed by atoms with Crippen molar-refractivity contribution in [3.05, 3.63) is 65.9 Å². The summed E-state index contributed by atoms with van der Waals surface area (Å²) >= 11 is 1.69. The number of nitrogens with one attached hydrogen (secondary N) is 1. The summed E-state index contributed by atoms with van der Waals surface area (Å²) in [4.78, 5) is 11.6. The quantitative estimate of drug-likeness (QED) is 0.555. The van der Waals surface area contributed by atoms with E-state index in [9.17, 15) is 0 Å². The molecule has 1 N–H and O–H groups in total. The summed E-state index contributed by atoms with van der Waals surface area (Å²) in [6, 6.07) is 14.8. The van der Waals surface area contributed by atoms with Crippen LogP contribution in [0, 0.1) is 0 Å². The molecule has 4 nitrogen and oxygen atoms in total. The van der Waals surface area contributed by atoms with Gasteiger partial charge in [-0.15, -0.1) is 11.3 Å². The van der Waals surface area contributed by atoms with E-state index in [0.29, 0.717) is 6.04 Å². The molecular weight excluding hydrogens is 352 g/mol. The number of benzene rings is 1. The Morgan fingerprint density at radius 3 is 2.56 bits per heavy atom. The number of hydrogen-bond donors (Lipinski definition) is 1. The smallest absolute Gasteiger partial charge is 0.186 e. The summed E-state index contributed by atoms with van der Waals surface area (Å²) in [7, 11) is 0. The van der Waals surface area contributed by atoms with Gasteiger partial charge in [0, 0.05) is 35.9 Å².